The van der Waals surface area contributed by atoms with Crippen LogP contribution in [-0.4, -0.2) is 11.6 Å². The van der Waals surface area contributed by atoms with Gasteiger partial charge in [0.2, 0.25) is 0 Å². The third-order valence-electron chi connectivity index (χ3n) is 3.78. The van der Waals surface area contributed by atoms with E-state index in [1.807, 2.05) is 56.3 Å². The molecule has 0 fully saturated rings. The van der Waals surface area contributed by atoms with Crippen molar-refractivity contribution in [3.8, 4) is 0 Å². The lowest BCUT2D eigenvalue weighted by atomic mass is 9.95. The fraction of sp³-hybridized carbons (Fsp3) is 0.316. The van der Waals surface area contributed by atoms with Crippen LogP contribution in [0.2, 0.25) is 0 Å². The summed E-state index contributed by atoms with van der Waals surface area (Å²) < 4.78 is 0. The summed E-state index contributed by atoms with van der Waals surface area (Å²) in [6, 6.07) is 17.6. The van der Waals surface area contributed by atoms with Gasteiger partial charge in [-0.2, -0.15) is 0 Å². The van der Waals surface area contributed by atoms with Gasteiger partial charge in [-0.25, -0.2) is 4.79 Å². The number of nitrogens with one attached hydrogen (secondary N) is 2. The van der Waals surface area contributed by atoms with E-state index < -0.39 is 0 Å². The fourth-order valence-electron chi connectivity index (χ4n) is 2.36. The van der Waals surface area contributed by atoms with Crippen LogP contribution < -0.4 is 16.4 Å². The molecule has 23 heavy (non-hydrogen) atoms. The zero-order valence-corrected chi connectivity index (χ0v) is 13.8. The lowest BCUT2D eigenvalue weighted by Crippen LogP contribution is -2.45. The van der Waals surface area contributed by atoms with Crippen molar-refractivity contribution in [2.24, 2.45) is 5.73 Å². The van der Waals surface area contributed by atoms with Gasteiger partial charge in [-0.05, 0) is 49.9 Å². The average Bonchev–Trinajstić information content (AvgIpc) is 2.54. The second kappa shape index (κ2) is 7.79. The molecule has 2 amide bonds. The van der Waals surface area contributed by atoms with Crippen LogP contribution in [0.1, 0.15) is 31.4 Å². The highest BCUT2D eigenvalue weighted by Gasteiger charge is 2.20. The van der Waals surface area contributed by atoms with Crippen molar-refractivity contribution in [1.82, 2.24) is 5.32 Å². The number of urea groups is 1. The predicted molar refractivity (Wildman–Crippen MR) is 95.3 cm³/mol. The molecule has 0 aliphatic heterocycles. The highest BCUT2D eigenvalue weighted by atomic mass is 16.2. The number of carbonyl (C=O) groups excluding carboxylic acids is 1. The van der Waals surface area contributed by atoms with Crippen LogP contribution >= 0.6 is 0 Å². The Balaban J connectivity index is 1.84. The van der Waals surface area contributed by atoms with E-state index in [-0.39, 0.29) is 11.6 Å². The summed E-state index contributed by atoms with van der Waals surface area (Å²) in [5, 5.41) is 5.89. The lowest BCUT2D eigenvalue weighted by Gasteiger charge is -2.26. The normalized spacial score (nSPS) is 11.1. The molecular formula is C19H25N3O. The van der Waals surface area contributed by atoms with Crippen molar-refractivity contribution < 1.29 is 4.79 Å². The van der Waals surface area contributed by atoms with Crippen molar-refractivity contribution in [3.63, 3.8) is 0 Å². The molecule has 0 aliphatic carbocycles. The molecule has 0 unspecified atom stereocenters. The van der Waals surface area contributed by atoms with Gasteiger partial charge in [0, 0.05) is 17.8 Å². The van der Waals surface area contributed by atoms with Gasteiger partial charge in [-0.1, -0.05) is 42.5 Å². The molecular weight excluding hydrogens is 286 g/mol. The maximum Gasteiger partial charge on any atom is 0.319 e. The Labute approximate surface area is 138 Å². The molecule has 4 N–H and O–H groups in total. The zero-order chi connectivity index (χ0) is 16.7. The molecule has 2 aromatic carbocycles. The van der Waals surface area contributed by atoms with Crippen LogP contribution in [0.15, 0.2) is 54.6 Å². The molecule has 122 valence electrons. The number of amides is 2. The van der Waals surface area contributed by atoms with E-state index in [0.29, 0.717) is 6.54 Å². The van der Waals surface area contributed by atoms with Gasteiger partial charge in [-0.15, -0.1) is 0 Å². The van der Waals surface area contributed by atoms with Gasteiger partial charge in [-0.3, -0.25) is 0 Å². The monoisotopic (exact) mass is 311 g/mol. The van der Waals surface area contributed by atoms with E-state index in [9.17, 15) is 4.79 Å². The SMILES string of the molecule is CC(C)(CCc1ccccc1)NC(=O)Nc1ccc(CN)cc1. The molecule has 0 heterocycles. The number of hydrogen-bond acceptors (Lipinski definition) is 2. The van der Waals surface area contributed by atoms with Crippen LogP contribution in [0.3, 0.4) is 0 Å². The summed E-state index contributed by atoms with van der Waals surface area (Å²) in [6.07, 6.45) is 1.80. The van der Waals surface area contributed by atoms with Crippen LogP contribution in [0.4, 0.5) is 10.5 Å². The van der Waals surface area contributed by atoms with Crippen molar-refractivity contribution >= 4 is 11.7 Å². The van der Waals surface area contributed by atoms with E-state index in [1.54, 1.807) is 0 Å². The highest BCUT2D eigenvalue weighted by molar-refractivity contribution is 5.89. The summed E-state index contributed by atoms with van der Waals surface area (Å²) in [5.41, 5.74) is 8.37. The lowest BCUT2D eigenvalue weighted by molar-refractivity contribution is 0.239. The Morgan fingerprint density at radius 1 is 1.00 bits per heavy atom. The van der Waals surface area contributed by atoms with E-state index >= 15 is 0 Å². The number of hydrogen-bond donors (Lipinski definition) is 3. The average molecular weight is 311 g/mol. The molecule has 0 spiro atoms. The number of nitrogens with two attached hydrogens (primary N) is 1. The highest BCUT2D eigenvalue weighted by Crippen LogP contribution is 2.15. The Morgan fingerprint density at radius 3 is 2.26 bits per heavy atom. The minimum absolute atomic E-state index is 0.191. The number of aryl methyl sites for hydroxylation is 1. The largest absolute Gasteiger partial charge is 0.333 e. The van der Waals surface area contributed by atoms with E-state index in [4.69, 9.17) is 5.73 Å². The number of rotatable bonds is 6. The minimum Gasteiger partial charge on any atom is -0.333 e. The molecule has 0 bridgehead atoms. The Morgan fingerprint density at radius 2 is 1.65 bits per heavy atom. The number of anilines is 1. The third kappa shape index (κ3) is 5.75. The third-order valence-corrected chi connectivity index (χ3v) is 3.78. The van der Waals surface area contributed by atoms with Crippen LogP contribution in [0.5, 0.6) is 0 Å². The summed E-state index contributed by atoms with van der Waals surface area (Å²) in [7, 11) is 0. The molecule has 2 rings (SSSR count). The van der Waals surface area contributed by atoms with Gasteiger partial charge in [0.1, 0.15) is 0 Å². The fourth-order valence-corrected chi connectivity index (χ4v) is 2.36. The van der Waals surface area contributed by atoms with Crippen molar-refractivity contribution in [2.45, 2.75) is 38.8 Å². The first-order valence-corrected chi connectivity index (χ1v) is 7.91. The molecule has 0 saturated carbocycles. The summed E-state index contributed by atoms with van der Waals surface area (Å²) in [6.45, 7) is 4.57. The van der Waals surface area contributed by atoms with Crippen molar-refractivity contribution in [3.05, 3.63) is 65.7 Å². The molecule has 0 aliphatic rings. The Hall–Kier alpha value is -2.33. The van der Waals surface area contributed by atoms with Gasteiger partial charge in [0.25, 0.3) is 0 Å². The van der Waals surface area contributed by atoms with E-state index in [2.05, 4.69) is 22.8 Å². The van der Waals surface area contributed by atoms with Gasteiger partial charge in [0.15, 0.2) is 0 Å². The molecule has 0 atom stereocenters. The van der Waals surface area contributed by atoms with Crippen molar-refractivity contribution in [1.29, 1.82) is 0 Å². The van der Waals surface area contributed by atoms with Crippen LogP contribution in [-0.2, 0) is 13.0 Å². The summed E-state index contributed by atoms with van der Waals surface area (Å²) >= 11 is 0. The first kappa shape index (κ1) is 17.0. The zero-order valence-electron chi connectivity index (χ0n) is 13.8. The summed E-state index contributed by atoms with van der Waals surface area (Å²) in [5.74, 6) is 0. The molecule has 4 nitrogen and oxygen atoms in total. The van der Waals surface area contributed by atoms with Gasteiger partial charge in [0.05, 0.1) is 0 Å². The minimum atomic E-state index is -0.281. The van der Waals surface area contributed by atoms with E-state index in [0.717, 1.165) is 24.1 Å². The molecule has 4 heteroatoms. The molecule has 2 aromatic rings. The second-order valence-electron chi connectivity index (χ2n) is 6.35. The topological polar surface area (TPSA) is 67.2 Å². The number of carbonyl (C=O) groups is 1. The van der Waals surface area contributed by atoms with Gasteiger partial charge < -0.3 is 16.4 Å². The van der Waals surface area contributed by atoms with Crippen LogP contribution in [0, 0.1) is 0 Å². The van der Waals surface area contributed by atoms with Crippen LogP contribution in [0.25, 0.3) is 0 Å². The maximum absolute atomic E-state index is 12.1. The van der Waals surface area contributed by atoms with Gasteiger partial charge >= 0.3 is 6.03 Å². The molecule has 0 aromatic heterocycles. The Kier molecular flexibility index (Phi) is 5.77. The van der Waals surface area contributed by atoms with E-state index in [1.165, 1.54) is 5.56 Å². The standard InChI is InChI=1S/C19H25N3O/c1-19(2,13-12-15-6-4-3-5-7-15)22-18(23)21-17-10-8-16(14-20)9-11-17/h3-11H,12-14,20H2,1-2H3,(H2,21,22,23). The number of benzene rings is 2. The molecule has 0 radical (unpaired) electrons. The first-order valence-electron chi connectivity index (χ1n) is 7.91. The predicted octanol–water partition coefficient (Wildman–Crippen LogP) is 3.68. The molecule has 0 saturated heterocycles. The quantitative estimate of drug-likeness (QED) is 0.762. The Bertz CT molecular complexity index is 621. The maximum atomic E-state index is 12.1. The summed E-state index contributed by atoms with van der Waals surface area (Å²) in [4.78, 5) is 12.1. The first-order chi connectivity index (χ1) is 11.0. The van der Waals surface area contributed by atoms with Crippen molar-refractivity contribution in [2.75, 3.05) is 5.32 Å². The second-order valence-corrected chi connectivity index (χ2v) is 6.35. The smallest absolute Gasteiger partial charge is 0.319 e.